The van der Waals surface area contributed by atoms with Gasteiger partial charge in [0.2, 0.25) is 0 Å². The minimum Gasteiger partial charge on any atom is -0.364 e. The average Bonchev–Trinajstić information content (AvgIpc) is 3.03. The first-order chi connectivity index (χ1) is 12.2. The average molecular weight is 332 g/mol. The maximum absolute atomic E-state index is 4.65. The number of fused-ring (bicyclic) bond motifs is 1. The molecule has 25 heavy (non-hydrogen) atoms. The number of aryl methyl sites for hydroxylation is 2. The molecule has 0 fully saturated rings. The zero-order valence-electron chi connectivity index (χ0n) is 13.9. The van der Waals surface area contributed by atoms with Gasteiger partial charge < -0.3 is 5.32 Å². The van der Waals surface area contributed by atoms with Crippen LogP contribution in [0.3, 0.4) is 0 Å². The molecule has 0 saturated heterocycles. The van der Waals surface area contributed by atoms with E-state index in [0.29, 0.717) is 18.2 Å². The summed E-state index contributed by atoms with van der Waals surface area (Å²) in [5, 5.41) is 8.46. The van der Waals surface area contributed by atoms with Crippen LogP contribution in [0.5, 0.6) is 0 Å². The van der Waals surface area contributed by atoms with Gasteiger partial charge in [0.1, 0.15) is 5.82 Å². The second-order valence-electron chi connectivity index (χ2n) is 5.65. The van der Waals surface area contributed by atoms with E-state index < -0.39 is 0 Å². The molecule has 0 aliphatic rings. The smallest absolute Gasteiger partial charge is 0.165 e. The molecule has 8 heteroatoms. The molecule has 0 aliphatic carbocycles. The number of rotatable bonds is 4. The Bertz CT molecular complexity index is 1010. The van der Waals surface area contributed by atoms with Crippen LogP contribution in [0.25, 0.3) is 22.4 Å². The van der Waals surface area contributed by atoms with E-state index in [0.717, 1.165) is 28.0 Å². The lowest BCUT2D eigenvalue weighted by Crippen LogP contribution is -2.06. The van der Waals surface area contributed by atoms with E-state index in [1.807, 2.05) is 26.1 Å². The highest BCUT2D eigenvalue weighted by molar-refractivity contribution is 5.88. The van der Waals surface area contributed by atoms with Crippen molar-refractivity contribution in [3.63, 3.8) is 0 Å². The second-order valence-corrected chi connectivity index (χ2v) is 5.65. The van der Waals surface area contributed by atoms with Crippen LogP contribution in [-0.4, -0.2) is 34.7 Å². The van der Waals surface area contributed by atoms with Crippen molar-refractivity contribution < 1.29 is 0 Å². The predicted molar refractivity (Wildman–Crippen MR) is 93.6 cm³/mol. The molecule has 0 aliphatic heterocycles. The lowest BCUT2D eigenvalue weighted by molar-refractivity contribution is 0.786. The van der Waals surface area contributed by atoms with Gasteiger partial charge in [0.05, 0.1) is 35.7 Å². The Morgan fingerprint density at radius 1 is 1.08 bits per heavy atom. The van der Waals surface area contributed by atoms with Gasteiger partial charge in [-0.1, -0.05) is 0 Å². The number of nitrogens with zero attached hydrogens (tertiary/aromatic N) is 7. The van der Waals surface area contributed by atoms with Crippen LogP contribution in [0.4, 0.5) is 5.82 Å². The summed E-state index contributed by atoms with van der Waals surface area (Å²) in [5.74, 6) is 1.31. The summed E-state index contributed by atoms with van der Waals surface area (Å²) in [6.07, 6.45) is 8.73. The SMILES string of the molecule is Cc1cnc(CNc2nc(-c3cccnc3)nc3c2cnn3C)cn1. The van der Waals surface area contributed by atoms with Crippen molar-refractivity contribution in [2.45, 2.75) is 13.5 Å². The van der Waals surface area contributed by atoms with Crippen LogP contribution in [0.2, 0.25) is 0 Å². The summed E-state index contributed by atoms with van der Waals surface area (Å²) in [4.78, 5) is 22.0. The topological polar surface area (TPSA) is 94.3 Å². The fourth-order valence-electron chi connectivity index (χ4n) is 2.47. The summed E-state index contributed by atoms with van der Waals surface area (Å²) in [6.45, 7) is 2.43. The Morgan fingerprint density at radius 2 is 2.00 bits per heavy atom. The van der Waals surface area contributed by atoms with Gasteiger partial charge in [-0.05, 0) is 19.1 Å². The molecule has 0 atom stereocenters. The van der Waals surface area contributed by atoms with Crippen LogP contribution in [0.15, 0.2) is 43.1 Å². The van der Waals surface area contributed by atoms with Gasteiger partial charge in [0.25, 0.3) is 0 Å². The number of hydrogen-bond donors (Lipinski definition) is 1. The molecule has 0 aromatic carbocycles. The lowest BCUT2D eigenvalue weighted by atomic mass is 10.2. The molecule has 0 amide bonds. The zero-order chi connectivity index (χ0) is 17.2. The standard InChI is InChI=1S/C17H16N8/c1-11-6-20-13(8-19-11)9-21-16-14-10-22-25(2)17(14)24-15(23-16)12-4-3-5-18-7-12/h3-8,10H,9H2,1-2H3,(H,21,23,24). The number of aromatic nitrogens is 7. The van der Waals surface area contributed by atoms with Crippen molar-refractivity contribution >= 4 is 16.9 Å². The molecule has 4 rings (SSSR count). The van der Waals surface area contributed by atoms with Crippen molar-refractivity contribution in [2.75, 3.05) is 5.32 Å². The van der Waals surface area contributed by atoms with Gasteiger partial charge in [0.15, 0.2) is 11.5 Å². The van der Waals surface area contributed by atoms with Gasteiger partial charge >= 0.3 is 0 Å². The molecule has 0 spiro atoms. The monoisotopic (exact) mass is 332 g/mol. The van der Waals surface area contributed by atoms with E-state index in [2.05, 4.69) is 35.3 Å². The normalized spacial score (nSPS) is 11.0. The molecule has 0 bridgehead atoms. The number of anilines is 1. The van der Waals surface area contributed by atoms with E-state index in [4.69, 9.17) is 0 Å². The lowest BCUT2D eigenvalue weighted by Gasteiger charge is -2.09. The third-order valence-corrected chi connectivity index (χ3v) is 3.78. The van der Waals surface area contributed by atoms with Crippen LogP contribution >= 0.6 is 0 Å². The van der Waals surface area contributed by atoms with E-state index in [-0.39, 0.29) is 0 Å². The van der Waals surface area contributed by atoms with E-state index in [1.54, 1.807) is 35.7 Å². The molecule has 124 valence electrons. The highest BCUT2D eigenvalue weighted by atomic mass is 15.3. The Kier molecular flexibility index (Phi) is 3.77. The minimum absolute atomic E-state index is 0.515. The maximum atomic E-state index is 4.65. The van der Waals surface area contributed by atoms with Gasteiger partial charge in [-0.15, -0.1) is 0 Å². The third-order valence-electron chi connectivity index (χ3n) is 3.78. The van der Waals surface area contributed by atoms with Crippen LogP contribution in [0, 0.1) is 6.92 Å². The third kappa shape index (κ3) is 3.01. The van der Waals surface area contributed by atoms with Gasteiger partial charge in [-0.2, -0.15) is 5.10 Å². The zero-order valence-corrected chi connectivity index (χ0v) is 13.9. The van der Waals surface area contributed by atoms with E-state index in [9.17, 15) is 0 Å². The fourth-order valence-corrected chi connectivity index (χ4v) is 2.47. The maximum Gasteiger partial charge on any atom is 0.165 e. The van der Waals surface area contributed by atoms with Crippen molar-refractivity contribution in [1.82, 2.24) is 34.7 Å². The van der Waals surface area contributed by atoms with Gasteiger partial charge in [-0.3, -0.25) is 19.6 Å². The number of pyridine rings is 1. The summed E-state index contributed by atoms with van der Waals surface area (Å²) >= 11 is 0. The first kappa shape index (κ1) is 15.1. The molecule has 8 nitrogen and oxygen atoms in total. The summed E-state index contributed by atoms with van der Waals surface area (Å²) < 4.78 is 1.73. The molecule has 4 aromatic heterocycles. The summed E-state index contributed by atoms with van der Waals surface area (Å²) in [6, 6.07) is 3.79. The molecular formula is C17H16N8. The van der Waals surface area contributed by atoms with E-state index >= 15 is 0 Å². The first-order valence-corrected chi connectivity index (χ1v) is 7.82. The van der Waals surface area contributed by atoms with Gasteiger partial charge in [-0.25, -0.2) is 9.97 Å². The van der Waals surface area contributed by atoms with Crippen molar-refractivity contribution in [3.8, 4) is 11.4 Å². The summed E-state index contributed by atoms with van der Waals surface area (Å²) in [7, 11) is 1.86. The molecule has 0 unspecified atom stereocenters. The van der Waals surface area contributed by atoms with E-state index in [1.165, 1.54) is 0 Å². The second kappa shape index (κ2) is 6.23. The Labute approximate surface area is 144 Å². The highest BCUT2D eigenvalue weighted by Gasteiger charge is 2.13. The molecule has 4 aromatic rings. The van der Waals surface area contributed by atoms with Crippen LogP contribution < -0.4 is 5.32 Å². The first-order valence-electron chi connectivity index (χ1n) is 7.82. The number of hydrogen-bond acceptors (Lipinski definition) is 7. The van der Waals surface area contributed by atoms with Gasteiger partial charge in [0, 0.05) is 31.2 Å². The highest BCUT2D eigenvalue weighted by Crippen LogP contribution is 2.24. The van der Waals surface area contributed by atoms with Crippen molar-refractivity contribution in [3.05, 3.63) is 54.5 Å². The van der Waals surface area contributed by atoms with Crippen LogP contribution in [0.1, 0.15) is 11.4 Å². The Balaban J connectivity index is 1.72. The Hall–Kier alpha value is -3.42. The largest absolute Gasteiger partial charge is 0.364 e. The molecule has 4 heterocycles. The van der Waals surface area contributed by atoms with Crippen molar-refractivity contribution in [2.24, 2.45) is 7.05 Å². The molecular weight excluding hydrogens is 316 g/mol. The Morgan fingerprint density at radius 3 is 2.76 bits per heavy atom. The predicted octanol–water partition coefficient (Wildman–Crippen LogP) is 2.14. The molecule has 1 N–H and O–H groups in total. The quantitative estimate of drug-likeness (QED) is 0.612. The number of nitrogens with one attached hydrogen (secondary N) is 1. The minimum atomic E-state index is 0.515. The summed E-state index contributed by atoms with van der Waals surface area (Å²) in [5.41, 5.74) is 3.33. The van der Waals surface area contributed by atoms with Crippen molar-refractivity contribution in [1.29, 1.82) is 0 Å². The fraction of sp³-hybridized carbons (Fsp3) is 0.176. The molecule has 0 saturated carbocycles. The molecule has 0 radical (unpaired) electrons. The van der Waals surface area contributed by atoms with Crippen LogP contribution in [-0.2, 0) is 13.6 Å².